The van der Waals surface area contributed by atoms with Gasteiger partial charge in [0.15, 0.2) is 0 Å². The smallest absolute Gasteiger partial charge is 0.317 e. The predicted molar refractivity (Wildman–Crippen MR) is 92.3 cm³/mol. The number of pyridine rings is 1. The number of carboxylic acid groups (broad SMARTS) is 1. The molecule has 6 heteroatoms. The highest BCUT2D eigenvalue weighted by Gasteiger charge is 2.24. The fraction of sp³-hybridized carbons (Fsp3) is 0.412. The average Bonchev–Trinajstić information content (AvgIpc) is 2.53. The van der Waals surface area contributed by atoms with E-state index < -0.39 is 5.97 Å². The molecule has 1 saturated heterocycles. The molecule has 1 aromatic heterocycles. The van der Waals surface area contributed by atoms with E-state index in [-0.39, 0.29) is 6.54 Å². The molecule has 0 aliphatic carbocycles. The lowest BCUT2D eigenvalue weighted by molar-refractivity contribution is -0.138. The molecule has 23 heavy (non-hydrogen) atoms. The van der Waals surface area contributed by atoms with Crippen LogP contribution in [0.25, 0.3) is 10.9 Å². The number of hydrogen-bond donors (Lipinski definition) is 1. The van der Waals surface area contributed by atoms with Crippen molar-refractivity contribution in [3.05, 3.63) is 35.5 Å². The average molecular weight is 334 g/mol. The van der Waals surface area contributed by atoms with Crippen LogP contribution >= 0.6 is 11.6 Å². The highest BCUT2D eigenvalue weighted by atomic mass is 35.5. The van der Waals surface area contributed by atoms with Crippen molar-refractivity contribution in [2.45, 2.75) is 18.9 Å². The molecule has 0 amide bonds. The molecule has 5 nitrogen and oxygen atoms in total. The second-order valence-corrected chi connectivity index (χ2v) is 6.46. The first-order chi connectivity index (χ1) is 11.0. The monoisotopic (exact) mass is 333 g/mol. The number of carboxylic acids is 1. The van der Waals surface area contributed by atoms with Gasteiger partial charge in [-0.3, -0.25) is 14.7 Å². The Hall–Kier alpha value is -1.85. The summed E-state index contributed by atoms with van der Waals surface area (Å²) in [6.45, 7) is 1.92. The van der Waals surface area contributed by atoms with Gasteiger partial charge < -0.3 is 10.0 Å². The zero-order chi connectivity index (χ0) is 16.4. The maximum absolute atomic E-state index is 10.8. The molecule has 0 unspecified atom stereocenters. The summed E-state index contributed by atoms with van der Waals surface area (Å²) in [4.78, 5) is 19.5. The van der Waals surface area contributed by atoms with Crippen LogP contribution in [-0.4, -0.2) is 53.7 Å². The Balaban J connectivity index is 1.74. The van der Waals surface area contributed by atoms with Gasteiger partial charge in [0.05, 0.1) is 12.1 Å². The summed E-state index contributed by atoms with van der Waals surface area (Å²) in [5.74, 6) is -0.771. The Bertz CT molecular complexity index is 714. The number of aromatic nitrogens is 1. The highest BCUT2D eigenvalue weighted by Crippen LogP contribution is 2.30. The number of benzene rings is 1. The number of carbonyl (C=O) groups is 1. The summed E-state index contributed by atoms with van der Waals surface area (Å²) in [6, 6.07) is 8.15. The number of rotatable bonds is 4. The number of likely N-dealkylation sites (N-methyl/N-ethyl adjacent to an activating group) is 1. The molecule has 0 bridgehead atoms. The van der Waals surface area contributed by atoms with E-state index in [2.05, 4.69) is 9.88 Å². The molecule has 3 rings (SSSR count). The SMILES string of the molecule is CN(CC(=O)O)C1CCN(c2ccnc3cc(Cl)ccc23)CC1. The summed E-state index contributed by atoms with van der Waals surface area (Å²) in [6.07, 6.45) is 3.74. The number of hydrogen-bond acceptors (Lipinski definition) is 4. The molecule has 1 N–H and O–H groups in total. The topological polar surface area (TPSA) is 56.7 Å². The van der Waals surface area contributed by atoms with Gasteiger partial charge in [-0.25, -0.2) is 0 Å². The van der Waals surface area contributed by atoms with Gasteiger partial charge in [0.1, 0.15) is 0 Å². The summed E-state index contributed by atoms with van der Waals surface area (Å²) in [7, 11) is 1.89. The summed E-state index contributed by atoms with van der Waals surface area (Å²) >= 11 is 6.05. The molecule has 1 aromatic carbocycles. The number of piperidine rings is 1. The van der Waals surface area contributed by atoms with Crippen molar-refractivity contribution < 1.29 is 9.90 Å². The van der Waals surface area contributed by atoms with Crippen molar-refractivity contribution in [1.82, 2.24) is 9.88 Å². The highest BCUT2D eigenvalue weighted by molar-refractivity contribution is 6.31. The van der Waals surface area contributed by atoms with Crippen LogP contribution in [0, 0.1) is 0 Å². The number of nitrogens with zero attached hydrogens (tertiary/aromatic N) is 3. The third-order valence-electron chi connectivity index (χ3n) is 4.49. The molecule has 1 aliphatic heterocycles. The van der Waals surface area contributed by atoms with Gasteiger partial charge in [-0.2, -0.15) is 0 Å². The largest absolute Gasteiger partial charge is 0.480 e. The van der Waals surface area contributed by atoms with E-state index in [9.17, 15) is 4.79 Å². The second kappa shape index (κ2) is 6.72. The van der Waals surface area contributed by atoms with E-state index in [0.29, 0.717) is 11.1 Å². The lowest BCUT2D eigenvalue weighted by Gasteiger charge is -2.37. The minimum atomic E-state index is -0.771. The molecule has 2 aromatic rings. The van der Waals surface area contributed by atoms with Crippen LogP contribution in [-0.2, 0) is 4.79 Å². The van der Waals surface area contributed by atoms with Crippen molar-refractivity contribution in [3.63, 3.8) is 0 Å². The molecular formula is C17H20ClN3O2. The normalized spacial score (nSPS) is 16.2. The molecule has 1 aliphatic rings. The van der Waals surface area contributed by atoms with Crippen LogP contribution in [0.4, 0.5) is 5.69 Å². The van der Waals surface area contributed by atoms with Crippen molar-refractivity contribution in [2.75, 3.05) is 31.6 Å². The van der Waals surface area contributed by atoms with E-state index in [1.54, 1.807) is 0 Å². The predicted octanol–water partition coefficient (Wildman–Crippen LogP) is 2.87. The molecule has 0 atom stereocenters. The molecular weight excluding hydrogens is 314 g/mol. The van der Waals surface area contributed by atoms with Crippen molar-refractivity contribution in [1.29, 1.82) is 0 Å². The minimum Gasteiger partial charge on any atom is -0.480 e. The van der Waals surface area contributed by atoms with Crippen LogP contribution in [0.5, 0.6) is 0 Å². The van der Waals surface area contributed by atoms with Gasteiger partial charge in [0.25, 0.3) is 0 Å². The van der Waals surface area contributed by atoms with Crippen molar-refractivity contribution >= 4 is 34.2 Å². The Morgan fingerprint density at radius 2 is 2.13 bits per heavy atom. The summed E-state index contributed by atoms with van der Waals surface area (Å²) in [5.41, 5.74) is 2.08. The van der Waals surface area contributed by atoms with Gasteiger partial charge in [0, 0.05) is 41.4 Å². The van der Waals surface area contributed by atoms with Crippen LogP contribution < -0.4 is 4.90 Å². The standard InChI is InChI=1S/C17H20ClN3O2/c1-20(11-17(22)23)13-5-8-21(9-6-13)16-4-7-19-15-10-12(18)2-3-14(15)16/h2-4,7,10,13H,5-6,8-9,11H2,1H3,(H,22,23). The number of aliphatic carboxylic acids is 1. The molecule has 0 radical (unpaired) electrons. The Morgan fingerprint density at radius 1 is 1.39 bits per heavy atom. The zero-order valence-corrected chi connectivity index (χ0v) is 13.8. The van der Waals surface area contributed by atoms with Gasteiger partial charge in [-0.05, 0) is 44.2 Å². The van der Waals surface area contributed by atoms with E-state index in [1.165, 1.54) is 5.69 Å². The second-order valence-electron chi connectivity index (χ2n) is 6.02. The summed E-state index contributed by atoms with van der Waals surface area (Å²) in [5, 5.41) is 10.7. The maximum atomic E-state index is 10.8. The van der Waals surface area contributed by atoms with Gasteiger partial charge >= 0.3 is 5.97 Å². The van der Waals surface area contributed by atoms with Crippen molar-refractivity contribution in [3.8, 4) is 0 Å². The molecule has 1 fully saturated rings. The number of halogens is 1. The first-order valence-electron chi connectivity index (χ1n) is 7.76. The van der Waals surface area contributed by atoms with Gasteiger partial charge in [-0.15, -0.1) is 0 Å². The third-order valence-corrected chi connectivity index (χ3v) is 4.73. The maximum Gasteiger partial charge on any atom is 0.317 e. The molecule has 0 spiro atoms. The quantitative estimate of drug-likeness (QED) is 0.932. The lowest BCUT2D eigenvalue weighted by atomic mass is 10.0. The first kappa shape index (κ1) is 16.0. The van der Waals surface area contributed by atoms with Crippen LogP contribution in [0.2, 0.25) is 5.02 Å². The van der Waals surface area contributed by atoms with E-state index in [0.717, 1.165) is 36.8 Å². The molecule has 0 saturated carbocycles. The third kappa shape index (κ3) is 3.57. The Kier molecular flexibility index (Phi) is 4.68. The number of fused-ring (bicyclic) bond motifs is 1. The lowest BCUT2D eigenvalue weighted by Crippen LogP contribution is -2.45. The fourth-order valence-electron chi connectivity index (χ4n) is 3.27. The van der Waals surface area contributed by atoms with E-state index >= 15 is 0 Å². The Labute approximate surface area is 140 Å². The summed E-state index contributed by atoms with van der Waals surface area (Å²) < 4.78 is 0. The van der Waals surface area contributed by atoms with Crippen LogP contribution in [0.3, 0.4) is 0 Å². The molecule has 122 valence electrons. The first-order valence-corrected chi connectivity index (χ1v) is 8.13. The minimum absolute atomic E-state index is 0.0986. The van der Waals surface area contributed by atoms with Crippen LogP contribution in [0.15, 0.2) is 30.5 Å². The zero-order valence-electron chi connectivity index (χ0n) is 13.1. The van der Waals surface area contributed by atoms with E-state index in [4.69, 9.17) is 16.7 Å². The fourth-order valence-corrected chi connectivity index (χ4v) is 3.44. The number of anilines is 1. The van der Waals surface area contributed by atoms with Gasteiger partial charge in [0.2, 0.25) is 0 Å². The molecule has 2 heterocycles. The Morgan fingerprint density at radius 3 is 2.83 bits per heavy atom. The van der Waals surface area contributed by atoms with Crippen molar-refractivity contribution in [2.24, 2.45) is 0 Å². The van der Waals surface area contributed by atoms with Gasteiger partial charge in [-0.1, -0.05) is 11.6 Å². The van der Waals surface area contributed by atoms with E-state index in [1.807, 2.05) is 42.4 Å². The van der Waals surface area contributed by atoms with Crippen LogP contribution in [0.1, 0.15) is 12.8 Å².